The molecule has 1 atom stereocenters. The Bertz CT molecular complexity index is 208. The predicted molar refractivity (Wildman–Crippen MR) is 36.3 cm³/mol. The van der Waals surface area contributed by atoms with Gasteiger partial charge in [0.15, 0.2) is 0 Å². The Morgan fingerprint density at radius 2 is 2.27 bits per heavy atom. The standard InChI is InChI=1S/C7H9F2NO/c1-4(11)6-2-5(3-10-6)7(8)9/h6,10H,2-3H2,1H3. The van der Waals surface area contributed by atoms with Crippen LogP contribution in [0.3, 0.4) is 0 Å². The van der Waals surface area contributed by atoms with Crippen LogP contribution >= 0.6 is 0 Å². The molecule has 1 unspecified atom stereocenters. The molecule has 0 aromatic heterocycles. The minimum absolute atomic E-state index is 0.0604. The molecule has 0 saturated carbocycles. The molecule has 1 heterocycles. The van der Waals surface area contributed by atoms with Gasteiger partial charge in [0.1, 0.15) is 5.78 Å². The second kappa shape index (κ2) is 3.09. The highest BCUT2D eigenvalue weighted by Crippen LogP contribution is 2.18. The second-order valence-electron chi connectivity index (χ2n) is 2.61. The fourth-order valence-corrected chi connectivity index (χ4v) is 1.07. The molecule has 0 spiro atoms. The van der Waals surface area contributed by atoms with Crippen LogP contribution < -0.4 is 5.32 Å². The largest absolute Gasteiger partial charge is 0.303 e. The molecule has 1 saturated heterocycles. The maximum absolute atomic E-state index is 11.9. The molecule has 1 N–H and O–H groups in total. The van der Waals surface area contributed by atoms with E-state index in [4.69, 9.17) is 0 Å². The van der Waals surface area contributed by atoms with Gasteiger partial charge < -0.3 is 5.32 Å². The van der Waals surface area contributed by atoms with E-state index in [0.717, 1.165) is 0 Å². The number of nitrogens with one attached hydrogen (secondary N) is 1. The third-order valence-electron chi connectivity index (χ3n) is 1.77. The molecule has 4 heteroatoms. The van der Waals surface area contributed by atoms with Crippen LogP contribution in [0.2, 0.25) is 0 Å². The van der Waals surface area contributed by atoms with Gasteiger partial charge in [-0.25, -0.2) is 0 Å². The highest BCUT2D eigenvalue weighted by Gasteiger charge is 2.24. The monoisotopic (exact) mass is 161 g/mol. The van der Waals surface area contributed by atoms with Gasteiger partial charge in [0.25, 0.3) is 6.08 Å². The summed E-state index contributed by atoms with van der Waals surface area (Å²) in [5.74, 6) is -0.0822. The zero-order chi connectivity index (χ0) is 8.43. The van der Waals surface area contributed by atoms with E-state index in [1.165, 1.54) is 6.92 Å². The molecule has 0 aromatic rings. The summed E-state index contributed by atoms with van der Waals surface area (Å²) in [6, 6.07) is -0.397. The molecule has 1 fully saturated rings. The van der Waals surface area contributed by atoms with Gasteiger partial charge in [-0.3, -0.25) is 4.79 Å². The summed E-state index contributed by atoms with van der Waals surface area (Å²) in [7, 11) is 0. The summed E-state index contributed by atoms with van der Waals surface area (Å²) < 4.78 is 23.8. The van der Waals surface area contributed by atoms with Crippen molar-refractivity contribution < 1.29 is 13.6 Å². The number of Topliss-reactive ketones (excluding diaryl/α,β-unsaturated/α-hetero) is 1. The maximum atomic E-state index is 11.9. The van der Waals surface area contributed by atoms with Crippen molar-refractivity contribution in [1.29, 1.82) is 0 Å². The Balaban J connectivity index is 2.61. The van der Waals surface area contributed by atoms with Crippen LogP contribution in [0.4, 0.5) is 8.78 Å². The summed E-state index contributed by atoms with van der Waals surface area (Å²) in [5, 5.41) is 2.70. The van der Waals surface area contributed by atoms with Gasteiger partial charge in [0, 0.05) is 12.1 Å². The average molecular weight is 161 g/mol. The van der Waals surface area contributed by atoms with Crippen LogP contribution in [0.25, 0.3) is 0 Å². The third-order valence-corrected chi connectivity index (χ3v) is 1.77. The average Bonchev–Trinajstić information content (AvgIpc) is 2.33. The van der Waals surface area contributed by atoms with Gasteiger partial charge in [0.05, 0.1) is 6.04 Å². The van der Waals surface area contributed by atoms with Crippen molar-refractivity contribution in [3.8, 4) is 0 Å². The highest BCUT2D eigenvalue weighted by molar-refractivity contribution is 5.82. The Morgan fingerprint density at radius 1 is 1.64 bits per heavy atom. The van der Waals surface area contributed by atoms with Crippen molar-refractivity contribution in [2.75, 3.05) is 6.54 Å². The van der Waals surface area contributed by atoms with Crippen LogP contribution in [-0.2, 0) is 4.79 Å². The first-order valence-corrected chi connectivity index (χ1v) is 3.38. The first kappa shape index (κ1) is 8.33. The number of carbonyl (C=O) groups is 1. The van der Waals surface area contributed by atoms with E-state index in [2.05, 4.69) is 5.32 Å². The minimum Gasteiger partial charge on any atom is -0.303 e. The lowest BCUT2D eigenvalue weighted by Crippen LogP contribution is -2.28. The molecule has 1 aliphatic heterocycles. The van der Waals surface area contributed by atoms with Crippen LogP contribution in [0.15, 0.2) is 11.7 Å². The van der Waals surface area contributed by atoms with E-state index >= 15 is 0 Å². The zero-order valence-corrected chi connectivity index (χ0v) is 6.16. The number of ketones is 1. The molecule has 1 rings (SSSR count). The number of halogens is 2. The fourth-order valence-electron chi connectivity index (χ4n) is 1.07. The van der Waals surface area contributed by atoms with Gasteiger partial charge in [0.2, 0.25) is 0 Å². The highest BCUT2D eigenvalue weighted by atomic mass is 19.3. The van der Waals surface area contributed by atoms with Gasteiger partial charge in [-0.15, -0.1) is 0 Å². The molecule has 0 radical (unpaired) electrons. The summed E-state index contributed by atoms with van der Waals surface area (Å²) in [5.41, 5.74) is 0.0604. The Kier molecular flexibility index (Phi) is 2.34. The lowest BCUT2D eigenvalue weighted by Gasteiger charge is -2.01. The van der Waals surface area contributed by atoms with Crippen molar-refractivity contribution in [3.05, 3.63) is 11.7 Å². The topological polar surface area (TPSA) is 29.1 Å². The maximum Gasteiger partial charge on any atom is 0.270 e. The Labute approximate surface area is 63.3 Å². The number of carbonyl (C=O) groups excluding carboxylic acids is 1. The summed E-state index contributed by atoms with van der Waals surface area (Å²) in [6.45, 7) is 1.54. The van der Waals surface area contributed by atoms with Gasteiger partial charge in [-0.2, -0.15) is 8.78 Å². The summed E-state index contributed by atoms with van der Waals surface area (Å²) in [6.07, 6.45) is -1.49. The first-order valence-electron chi connectivity index (χ1n) is 3.38. The lowest BCUT2D eigenvalue weighted by atomic mass is 10.1. The predicted octanol–water partition coefficient (Wildman–Crippen LogP) is 1.09. The lowest BCUT2D eigenvalue weighted by molar-refractivity contribution is -0.118. The molecule has 2 nitrogen and oxygen atoms in total. The van der Waals surface area contributed by atoms with Crippen LogP contribution in [0, 0.1) is 0 Å². The van der Waals surface area contributed by atoms with E-state index < -0.39 is 12.1 Å². The third kappa shape index (κ3) is 1.83. The quantitative estimate of drug-likeness (QED) is 0.623. The molecular formula is C7H9F2NO. The van der Waals surface area contributed by atoms with E-state index in [-0.39, 0.29) is 24.3 Å². The van der Waals surface area contributed by atoms with Crippen molar-refractivity contribution in [2.24, 2.45) is 0 Å². The van der Waals surface area contributed by atoms with Gasteiger partial charge >= 0.3 is 0 Å². The minimum atomic E-state index is -1.65. The normalized spacial score (nSPS) is 23.9. The molecular weight excluding hydrogens is 152 g/mol. The fraction of sp³-hybridized carbons (Fsp3) is 0.571. The molecule has 0 bridgehead atoms. The van der Waals surface area contributed by atoms with Crippen LogP contribution in [0.1, 0.15) is 13.3 Å². The van der Waals surface area contributed by atoms with Gasteiger partial charge in [-0.05, 0) is 13.3 Å². The van der Waals surface area contributed by atoms with E-state index in [9.17, 15) is 13.6 Å². The van der Waals surface area contributed by atoms with Crippen molar-refractivity contribution >= 4 is 5.78 Å². The number of hydrogen-bond acceptors (Lipinski definition) is 2. The van der Waals surface area contributed by atoms with Crippen LogP contribution in [-0.4, -0.2) is 18.4 Å². The van der Waals surface area contributed by atoms with E-state index in [1.54, 1.807) is 0 Å². The molecule has 1 aliphatic rings. The summed E-state index contributed by atoms with van der Waals surface area (Å²) in [4.78, 5) is 10.7. The number of hydrogen-bond donors (Lipinski definition) is 1. The molecule has 0 amide bonds. The second-order valence-corrected chi connectivity index (χ2v) is 2.61. The SMILES string of the molecule is CC(=O)C1CC(=C(F)F)CN1. The van der Waals surface area contributed by atoms with Crippen molar-refractivity contribution in [1.82, 2.24) is 5.32 Å². The van der Waals surface area contributed by atoms with Crippen LogP contribution in [0.5, 0.6) is 0 Å². The van der Waals surface area contributed by atoms with Crippen molar-refractivity contribution in [3.63, 3.8) is 0 Å². The Hall–Kier alpha value is -0.770. The van der Waals surface area contributed by atoms with E-state index in [1.807, 2.05) is 0 Å². The molecule has 62 valence electrons. The first-order chi connectivity index (χ1) is 5.11. The zero-order valence-electron chi connectivity index (χ0n) is 6.16. The smallest absolute Gasteiger partial charge is 0.270 e. The van der Waals surface area contributed by atoms with Crippen molar-refractivity contribution in [2.45, 2.75) is 19.4 Å². The summed E-state index contributed by atoms with van der Waals surface area (Å²) >= 11 is 0. The van der Waals surface area contributed by atoms with E-state index in [0.29, 0.717) is 0 Å². The molecule has 0 aromatic carbocycles. The molecule has 0 aliphatic carbocycles. The van der Waals surface area contributed by atoms with Gasteiger partial charge in [-0.1, -0.05) is 0 Å². The molecule has 11 heavy (non-hydrogen) atoms. The Morgan fingerprint density at radius 3 is 2.55 bits per heavy atom. The number of rotatable bonds is 1.